The van der Waals surface area contributed by atoms with Crippen LogP contribution in [-0.2, 0) is 19.1 Å². The Morgan fingerprint density at radius 3 is 2.06 bits per heavy atom. The van der Waals surface area contributed by atoms with Gasteiger partial charge in [-0.2, -0.15) is 10.5 Å². The number of hydrogen-bond donors (Lipinski definition) is 0. The third kappa shape index (κ3) is 8.60. The SMILES string of the molecule is CC(=O)OCCN(CCOC(C)=O)c1ccc(C2=C/C(=C\C=C(C#N)C#N)CC(C)(C)C2)cc1. The highest BCUT2D eigenvalue weighted by Crippen LogP contribution is 2.42. The van der Waals surface area contributed by atoms with Crippen molar-refractivity contribution < 1.29 is 19.1 Å². The van der Waals surface area contributed by atoms with Crippen LogP contribution in [0.3, 0.4) is 0 Å². The molecule has 1 aromatic rings. The summed E-state index contributed by atoms with van der Waals surface area (Å²) >= 11 is 0. The van der Waals surface area contributed by atoms with Crippen molar-refractivity contribution in [2.45, 2.75) is 40.5 Å². The number of benzene rings is 1. The molecule has 0 unspecified atom stereocenters. The molecule has 0 fully saturated rings. The summed E-state index contributed by atoms with van der Waals surface area (Å²) in [4.78, 5) is 24.3. The summed E-state index contributed by atoms with van der Waals surface area (Å²) in [5.41, 5.74) is 4.41. The average molecular weight is 462 g/mol. The number of carbonyl (C=O) groups excluding carboxylic acids is 2. The van der Waals surface area contributed by atoms with Crippen LogP contribution in [0.5, 0.6) is 0 Å². The van der Waals surface area contributed by atoms with Crippen LogP contribution in [-0.4, -0.2) is 38.2 Å². The Kier molecular flexibility index (Phi) is 9.64. The molecule has 1 aliphatic rings. The zero-order valence-corrected chi connectivity index (χ0v) is 20.3. The maximum Gasteiger partial charge on any atom is 0.302 e. The number of allylic oxidation sites excluding steroid dienone is 6. The minimum Gasteiger partial charge on any atom is -0.464 e. The van der Waals surface area contributed by atoms with Crippen LogP contribution >= 0.6 is 0 Å². The van der Waals surface area contributed by atoms with Gasteiger partial charge in [0, 0.05) is 19.5 Å². The summed E-state index contributed by atoms with van der Waals surface area (Å²) in [6.07, 6.45) is 7.30. The molecule has 7 nitrogen and oxygen atoms in total. The van der Waals surface area contributed by atoms with Gasteiger partial charge in [-0.15, -0.1) is 0 Å². The summed E-state index contributed by atoms with van der Waals surface area (Å²) in [6.45, 7) is 8.59. The smallest absolute Gasteiger partial charge is 0.302 e. The summed E-state index contributed by atoms with van der Waals surface area (Å²) in [6, 6.07) is 11.9. The summed E-state index contributed by atoms with van der Waals surface area (Å²) < 4.78 is 10.2. The molecule has 34 heavy (non-hydrogen) atoms. The van der Waals surface area contributed by atoms with E-state index in [0.29, 0.717) is 13.1 Å². The minimum atomic E-state index is -0.336. The van der Waals surface area contributed by atoms with Crippen molar-refractivity contribution in [2.24, 2.45) is 5.41 Å². The number of nitriles is 2. The Labute approximate surface area is 201 Å². The van der Waals surface area contributed by atoms with E-state index in [1.54, 1.807) is 6.08 Å². The first-order valence-electron chi connectivity index (χ1n) is 11.2. The highest BCUT2D eigenvalue weighted by Gasteiger charge is 2.26. The van der Waals surface area contributed by atoms with E-state index < -0.39 is 0 Å². The summed E-state index contributed by atoms with van der Waals surface area (Å²) in [7, 11) is 0. The molecule has 178 valence electrons. The molecule has 0 heterocycles. The van der Waals surface area contributed by atoms with E-state index in [2.05, 4.69) is 32.1 Å². The molecule has 0 aliphatic heterocycles. The average Bonchev–Trinajstić information content (AvgIpc) is 2.77. The number of anilines is 1. The third-order valence-electron chi connectivity index (χ3n) is 5.35. The van der Waals surface area contributed by atoms with Gasteiger partial charge in [-0.3, -0.25) is 9.59 Å². The predicted molar refractivity (Wildman–Crippen MR) is 130 cm³/mol. The lowest BCUT2D eigenvalue weighted by Gasteiger charge is -2.32. The number of ether oxygens (including phenoxy) is 2. The monoisotopic (exact) mass is 461 g/mol. The Hall–Kier alpha value is -3.84. The normalized spacial score (nSPS) is 15.4. The fourth-order valence-corrected chi connectivity index (χ4v) is 3.89. The van der Waals surface area contributed by atoms with E-state index in [9.17, 15) is 9.59 Å². The fourth-order valence-electron chi connectivity index (χ4n) is 3.89. The van der Waals surface area contributed by atoms with E-state index in [1.165, 1.54) is 19.4 Å². The second-order valence-corrected chi connectivity index (χ2v) is 8.95. The van der Waals surface area contributed by atoms with Crippen molar-refractivity contribution in [1.29, 1.82) is 10.5 Å². The molecule has 0 aromatic heterocycles. The maximum atomic E-state index is 11.1. The molecule has 2 rings (SSSR count). The maximum absolute atomic E-state index is 11.1. The third-order valence-corrected chi connectivity index (χ3v) is 5.35. The molecule has 0 atom stereocenters. The Balaban J connectivity index is 2.25. The molecule has 0 spiro atoms. The molecule has 7 heteroatoms. The van der Waals surface area contributed by atoms with Crippen LogP contribution in [0.15, 0.2) is 53.6 Å². The van der Waals surface area contributed by atoms with Crippen molar-refractivity contribution in [3.05, 3.63) is 59.2 Å². The molecule has 0 amide bonds. The van der Waals surface area contributed by atoms with Crippen molar-refractivity contribution in [3.8, 4) is 12.1 Å². The van der Waals surface area contributed by atoms with E-state index in [1.807, 2.05) is 35.2 Å². The topological polar surface area (TPSA) is 103 Å². The number of hydrogen-bond acceptors (Lipinski definition) is 7. The van der Waals surface area contributed by atoms with Gasteiger partial charge in [0.25, 0.3) is 0 Å². The van der Waals surface area contributed by atoms with Gasteiger partial charge in [-0.1, -0.05) is 38.1 Å². The fraction of sp³-hybridized carbons (Fsp3) is 0.407. The van der Waals surface area contributed by atoms with Crippen LogP contribution in [0.4, 0.5) is 5.69 Å². The van der Waals surface area contributed by atoms with Gasteiger partial charge in [0.2, 0.25) is 0 Å². The van der Waals surface area contributed by atoms with Crippen LogP contribution < -0.4 is 4.90 Å². The molecule has 0 saturated heterocycles. The van der Waals surface area contributed by atoms with Crippen LogP contribution in [0.1, 0.15) is 46.1 Å². The van der Waals surface area contributed by atoms with Gasteiger partial charge in [0.1, 0.15) is 30.9 Å². The van der Waals surface area contributed by atoms with Gasteiger partial charge in [0.05, 0.1) is 13.1 Å². The zero-order valence-electron chi connectivity index (χ0n) is 20.3. The molecule has 1 aromatic carbocycles. The quantitative estimate of drug-likeness (QED) is 0.387. The van der Waals surface area contributed by atoms with E-state index in [4.69, 9.17) is 20.0 Å². The molecular formula is C27H31N3O4. The van der Waals surface area contributed by atoms with Crippen LogP contribution in [0.25, 0.3) is 5.57 Å². The van der Waals surface area contributed by atoms with Gasteiger partial charge in [-0.25, -0.2) is 0 Å². The number of nitrogens with zero attached hydrogens (tertiary/aromatic N) is 3. The highest BCUT2D eigenvalue weighted by atomic mass is 16.5. The number of carbonyl (C=O) groups is 2. The van der Waals surface area contributed by atoms with Gasteiger partial charge in [0.15, 0.2) is 0 Å². The standard InChI is InChI=1S/C27H31N3O4/c1-20(31)33-13-11-30(12-14-34-21(2)32)26-9-7-24(8-10-26)25-15-22(16-27(3,4)17-25)5-6-23(18-28)19-29/h5-10,15H,11-14,16-17H2,1-4H3/b22-5+. The second-order valence-electron chi connectivity index (χ2n) is 8.95. The van der Waals surface area contributed by atoms with Gasteiger partial charge >= 0.3 is 11.9 Å². The first-order chi connectivity index (χ1) is 16.1. The molecular weight excluding hydrogens is 430 g/mol. The molecule has 0 N–H and O–H groups in total. The zero-order chi connectivity index (χ0) is 25.1. The van der Waals surface area contributed by atoms with Crippen molar-refractivity contribution >= 4 is 23.2 Å². The molecule has 1 aliphatic carbocycles. The lowest BCUT2D eigenvalue weighted by Crippen LogP contribution is -2.31. The van der Waals surface area contributed by atoms with Crippen molar-refractivity contribution in [3.63, 3.8) is 0 Å². The Morgan fingerprint density at radius 1 is 1.00 bits per heavy atom. The van der Waals surface area contributed by atoms with Gasteiger partial charge < -0.3 is 14.4 Å². The van der Waals surface area contributed by atoms with E-state index in [-0.39, 0.29) is 36.1 Å². The largest absolute Gasteiger partial charge is 0.464 e. The number of rotatable bonds is 9. The second kappa shape index (κ2) is 12.4. The lowest BCUT2D eigenvalue weighted by atomic mass is 9.73. The van der Waals surface area contributed by atoms with Crippen molar-refractivity contribution in [2.75, 3.05) is 31.2 Å². The van der Waals surface area contributed by atoms with Crippen molar-refractivity contribution in [1.82, 2.24) is 0 Å². The Morgan fingerprint density at radius 2 is 1.56 bits per heavy atom. The lowest BCUT2D eigenvalue weighted by molar-refractivity contribution is -0.141. The van der Waals surface area contributed by atoms with E-state index in [0.717, 1.165) is 29.7 Å². The summed E-state index contributed by atoms with van der Waals surface area (Å²) in [5.74, 6) is -0.671. The molecule has 0 radical (unpaired) electrons. The van der Waals surface area contributed by atoms with Gasteiger partial charge in [-0.05, 0) is 53.2 Å². The Bertz CT molecular complexity index is 1030. The predicted octanol–water partition coefficient (Wildman–Crippen LogP) is 4.72. The van der Waals surface area contributed by atoms with E-state index >= 15 is 0 Å². The number of esters is 2. The van der Waals surface area contributed by atoms with Crippen LogP contribution in [0, 0.1) is 28.1 Å². The van der Waals surface area contributed by atoms with Crippen LogP contribution in [0.2, 0.25) is 0 Å². The summed E-state index contributed by atoms with van der Waals surface area (Å²) in [5, 5.41) is 18.0. The first-order valence-corrected chi connectivity index (χ1v) is 11.2. The highest BCUT2D eigenvalue weighted by molar-refractivity contribution is 5.72. The first kappa shape index (κ1) is 26.4. The molecule has 0 saturated carbocycles. The molecule has 0 bridgehead atoms. The minimum absolute atomic E-state index is 0.0436.